The standard InChI is InChI=1S/C16H22F3N/c1-11(2)9-20-10-14-8-15(14,3)12-4-6-13(7-5-12)16(17,18)19/h4-7,11,14,20H,8-10H2,1-3H3. The van der Waals surface area contributed by atoms with E-state index in [0.717, 1.165) is 25.1 Å². The molecule has 1 N–H and O–H groups in total. The van der Waals surface area contributed by atoms with E-state index in [-0.39, 0.29) is 5.41 Å². The molecule has 0 aromatic heterocycles. The predicted molar refractivity (Wildman–Crippen MR) is 74.6 cm³/mol. The fraction of sp³-hybridized carbons (Fsp3) is 0.625. The van der Waals surface area contributed by atoms with Crippen molar-refractivity contribution in [1.82, 2.24) is 5.32 Å². The average molecular weight is 285 g/mol. The quantitative estimate of drug-likeness (QED) is 0.853. The number of benzene rings is 1. The van der Waals surface area contributed by atoms with Gasteiger partial charge in [-0.1, -0.05) is 32.9 Å². The van der Waals surface area contributed by atoms with Crippen molar-refractivity contribution >= 4 is 0 Å². The number of hydrogen-bond acceptors (Lipinski definition) is 1. The van der Waals surface area contributed by atoms with Crippen LogP contribution in [0.1, 0.15) is 38.3 Å². The van der Waals surface area contributed by atoms with E-state index in [1.165, 1.54) is 12.1 Å². The zero-order valence-corrected chi connectivity index (χ0v) is 12.2. The van der Waals surface area contributed by atoms with E-state index in [1.807, 2.05) is 0 Å². The summed E-state index contributed by atoms with van der Waals surface area (Å²) in [5.41, 5.74) is 0.482. The molecule has 0 heterocycles. The van der Waals surface area contributed by atoms with E-state index in [0.29, 0.717) is 11.8 Å². The van der Waals surface area contributed by atoms with Gasteiger partial charge in [-0.3, -0.25) is 0 Å². The summed E-state index contributed by atoms with van der Waals surface area (Å²) in [6.45, 7) is 8.39. The second-order valence-corrected chi connectivity index (χ2v) is 6.45. The molecule has 0 amide bonds. The van der Waals surface area contributed by atoms with Gasteiger partial charge in [0, 0.05) is 0 Å². The predicted octanol–water partition coefficient (Wildman–Crippen LogP) is 4.23. The van der Waals surface area contributed by atoms with E-state index in [2.05, 4.69) is 26.1 Å². The summed E-state index contributed by atoms with van der Waals surface area (Å²) < 4.78 is 37.6. The second-order valence-electron chi connectivity index (χ2n) is 6.45. The van der Waals surface area contributed by atoms with Gasteiger partial charge in [0.2, 0.25) is 0 Å². The number of alkyl halides is 3. The van der Waals surface area contributed by atoms with Gasteiger partial charge in [-0.25, -0.2) is 0 Å². The first kappa shape index (κ1) is 15.4. The smallest absolute Gasteiger partial charge is 0.316 e. The van der Waals surface area contributed by atoms with Crippen LogP contribution in [0.3, 0.4) is 0 Å². The molecule has 20 heavy (non-hydrogen) atoms. The van der Waals surface area contributed by atoms with Gasteiger partial charge in [0.15, 0.2) is 0 Å². The zero-order valence-electron chi connectivity index (χ0n) is 12.2. The summed E-state index contributed by atoms with van der Waals surface area (Å²) >= 11 is 0. The van der Waals surface area contributed by atoms with E-state index in [1.54, 1.807) is 12.1 Å². The Hall–Kier alpha value is -1.03. The van der Waals surface area contributed by atoms with Gasteiger partial charge in [-0.2, -0.15) is 13.2 Å². The minimum Gasteiger partial charge on any atom is -0.316 e. The largest absolute Gasteiger partial charge is 0.416 e. The topological polar surface area (TPSA) is 12.0 Å². The number of halogens is 3. The molecule has 2 atom stereocenters. The summed E-state index contributed by atoms with van der Waals surface area (Å²) in [5.74, 6) is 1.14. The Morgan fingerprint density at radius 1 is 1.25 bits per heavy atom. The van der Waals surface area contributed by atoms with Crippen molar-refractivity contribution in [3.05, 3.63) is 35.4 Å². The van der Waals surface area contributed by atoms with Gasteiger partial charge in [0.05, 0.1) is 5.56 Å². The molecule has 0 saturated heterocycles. The molecular formula is C16H22F3N. The third-order valence-electron chi connectivity index (χ3n) is 4.23. The van der Waals surface area contributed by atoms with Crippen LogP contribution in [-0.2, 0) is 11.6 Å². The molecule has 0 radical (unpaired) electrons. The highest BCUT2D eigenvalue weighted by Crippen LogP contribution is 2.53. The van der Waals surface area contributed by atoms with Crippen molar-refractivity contribution in [3.8, 4) is 0 Å². The lowest BCUT2D eigenvalue weighted by Crippen LogP contribution is -2.24. The highest BCUT2D eigenvalue weighted by molar-refractivity contribution is 5.35. The van der Waals surface area contributed by atoms with Crippen molar-refractivity contribution in [1.29, 1.82) is 0 Å². The Morgan fingerprint density at radius 2 is 1.85 bits per heavy atom. The molecule has 1 saturated carbocycles. The molecule has 0 bridgehead atoms. The monoisotopic (exact) mass is 285 g/mol. The van der Waals surface area contributed by atoms with E-state index in [9.17, 15) is 13.2 Å². The molecule has 1 nitrogen and oxygen atoms in total. The van der Waals surface area contributed by atoms with Crippen LogP contribution in [-0.4, -0.2) is 13.1 Å². The number of rotatable bonds is 5. The average Bonchev–Trinajstić information content (AvgIpc) is 3.00. The molecule has 0 spiro atoms. The summed E-state index contributed by atoms with van der Waals surface area (Å²) in [4.78, 5) is 0. The summed E-state index contributed by atoms with van der Waals surface area (Å²) in [6.07, 6.45) is -3.20. The summed E-state index contributed by atoms with van der Waals surface area (Å²) in [7, 11) is 0. The third kappa shape index (κ3) is 3.35. The van der Waals surface area contributed by atoms with Gasteiger partial charge in [0.1, 0.15) is 0 Å². The molecule has 1 aliphatic rings. The normalized spacial score (nSPS) is 26.1. The van der Waals surface area contributed by atoms with Crippen LogP contribution in [0.5, 0.6) is 0 Å². The first-order valence-electron chi connectivity index (χ1n) is 7.12. The van der Waals surface area contributed by atoms with Crippen LogP contribution in [0.25, 0.3) is 0 Å². The van der Waals surface area contributed by atoms with Gasteiger partial charge in [0.25, 0.3) is 0 Å². The third-order valence-corrected chi connectivity index (χ3v) is 4.23. The molecule has 0 aliphatic heterocycles. The van der Waals surface area contributed by atoms with E-state index in [4.69, 9.17) is 0 Å². The Kier molecular flexibility index (Phi) is 4.14. The molecule has 4 heteroatoms. The van der Waals surface area contributed by atoms with Crippen LogP contribution < -0.4 is 5.32 Å². The molecule has 2 rings (SSSR count). The molecule has 1 fully saturated rings. The molecule has 1 aliphatic carbocycles. The van der Waals surface area contributed by atoms with Gasteiger partial charge >= 0.3 is 6.18 Å². The van der Waals surface area contributed by atoms with Crippen LogP contribution in [0.4, 0.5) is 13.2 Å². The lowest BCUT2D eigenvalue weighted by atomic mass is 9.94. The lowest BCUT2D eigenvalue weighted by molar-refractivity contribution is -0.137. The molecule has 1 aromatic carbocycles. The first-order valence-corrected chi connectivity index (χ1v) is 7.12. The zero-order chi connectivity index (χ0) is 15.0. The number of nitrogens with one attached hydrogen (secondary N) is 1. The van der Waals surface area contributed by atoms with Crippen LogP contribution >= 0.6 is 0 Å². The first-order chi connectivity index (χ1) is 9.23. The molecular weight excluding hydrogens is 263 g/mol. The minimum absolute atomic E-state index is 0.0358. The van der Waals surface area contributed by atoms with Crippen LogP contribution in [0.2, 0.25) is 0 Å². The Bertz CT molecular complexity index is 450. The highest BCUT2D eigenvalue weighted by atomic mass is 19.4. The molecule has 1 aromatic rings. The van der Waals surface area contributed by atoms with Gasteiger partial charge < -0.3 is 5.32 Å². The number of hydrogen-bond donors (Lipinski definition) is 1. The fourth-order valence-electron chi connectivity index (χ4n) is 2.69. The van der Waals surface area contributed by atoms with Gasteiger partial charge in [-0.15, -0.1) is 0 Å². The van der Waals surface area contributed by atoms with Crippen LogP contribution in [0.15, 0.2) is 24.3 Å². The molecule has 2 unspecified atom stereocenters. The SMILES string of the molecule is CC(C)CNCC1CC1(C)c1ccc(C(F)(F)F)cc1. The van der Waals surface area contributed by atoms with E-state index >= 15 is 0 Å². The fourth-order valence-corrected chi connectivity index (χ4v) is 2.69. The Balaban J connectivity index is 1.95. The lowest BCUT2D eigenvalue weighted by Gasteiger charge is -2.14. The minimum atomic E-state index is -4.25. The Labute approximate surface area is 118 Å². The van der Waals surface area contributed by atoms with Crippen LogP contribution in [0, 0.1) is 11.8 Å². The Morgan fingerprint density at radius 3 is 2.35 bits per heavy atom. The summed E-state index contributed by atoms with van der Waals surface area (Å²) in [6, 6.07) is 5.64. The maximum absolute atomic E-state index is 12.5. The van der Waals surface area contributed by atoms with Gasteiger partial charge in [-0.05, 0) is 54.5 Å². The second kappa shape index (κ2) is 5.40. The van der Waals surface area contributed by atoms with E-state index < -0.39 is 11.7 Å². The van der Waals surface area contributed by atoms with Crippen molar-refractivity contribution in [2.45, 2.75) is 38.8 Å². The van der Waals surface area contributed by atoms with Crippen molar-refractivity contribution in [3.63, 3.8) is 0 Å². The van der Waals surface area contributed by atoms with Crippen molar-refractivity contribution in [2.24, 2.45) is 11.8 Å². The summed E-state index contributed by atoms with van der Waals surface area (Å²) in [5, 5.41) is 3.43. The molecule has 112 valence electrons. The maximum Gasteiger partial charge on any atom is 0.416 e. The maximum atomic E-state index is 12.5. The van der Waals surface area contributed by atoms with Crippen molar-refractivity contribution in [2.75, 3.05) is 13.1 Å². The van der Waals surface area contributed by atoms with Crippen molar-refractivity contribution < 1.29 is 13.2 Å². The highest BCUT2D eigenvalue weighted by Gasteiger charge is 2.50.